The van der Waals surface area contributed by atoms with Crippen LogP contribution in [0.1, 0.15) is 69.7 Å². The summed E-state index contributed by atoms with van der Waals surface area (Å²) >= 11 is 0. The van der Waals surface area contributed by atoms with Crippen molar-refractivity contribution >= 4 is 17.7 Å². The van der Waals surface area contributed by atoms with Gasteiger partial charge in [-0.2, -0.15) is 0 Å². The Morgan fingerprint density at radius 3 is 2.07 bits per heavy atom. The lowest BCUT2D eigenvalue weighted by Gasteiger charge is -2.32. The summed E-state index contributed by atoms with van der Waals surface area (Å²) in [5.41, 5.74) is 6.70. The van der Waals surface area contributed by atoms with E-state index in [4.69, 9.17) is 5.21 Å². The Morgan fingerprint density at radius 2 is 1.49 bits per heavy atom. The Labute approximate surface area is 243 Å². The van der Waals surface area contributed by atoms with Crippen LogP contribution in [0.3, 0.4) is 0 Å². The second-order valence-corrected chi connectivity index (χ2v) is 11.8. The second kappa shape index (κ2) is 14.6. The predicted octanol–water partition coefficient (Wildman–Crippen LogP) is 5.90. The average Bonchev–Trinajstić information content (AvgIpc) is 2.95. The molecular weight excluding hydrogens is 514 g/mol. The summed E-state index contributed by atoms with van der Waals surface area (Å²) < 4.78 is 0. The van der Waals surface area contributed by atoms with Crippen LogP contribution in [0.2, 0.25) is 0 Å². The molecule has 3 amide bonds. The van der Waals surface area contributed by atoms with Gasteiger partial charge < -0.3 is 10.6 Å². The molecule has 218 valence electrons. The number of hydrogen-bond donors (Lipinski definition) is 4. The van der Waals surface area contributed by atoms with Gasteiger partial charge in [0.05, 0.1) is 6.04 Å². The normalized spacial score (nSPS) is 13.5. The summed E-state index contributed by atoms with van der Waals surface area (Å²) in [4.78, 5) is 38.9. The van der Waals surface area contributed by atoms with E-state index in [-0.39, 0.29) is 24.3 Å². The van der Waals surface area contributed by atoms with E-state index in [9.17, 15) is 14.4 Å². The van der Waals surface area contributed by atoms with E-state index in [1.807, 2.05) is 76.2 Å². The maximum absolute atomic E-state index is 13.5. The molecule has 0 bridgehead atoms. The molecule has 0 spiro atoms. The number of amides is 3. The zero-order chi connectivity index (χ0) is 30.0. The molecule has 0 saturated carbocycles. The summed E-state index contributed by atoms with van der Waals surface area (Å²) in [5, 5.41) is 15.1. The van der Waals surface area contributed by atoms with Crippen LogP contribution in [0.4, 0.5) is 0 Å². The molecule has 0 fully saturated rings. The van der Waals surface area contributed by atoms with Gasteiger partial charge in [-0.15, -0.1) is 0 Å². The van der Waals surface area contributed by atoms with Gasteiger partial charge in [-0.25, -0.2) is 5.48 Å². The van der Waals surface area contributed by atoms with Crippen molar-refractivity contribution in [3.05, 3.63) is 95.6 Å². The molecule has 3 aromatic carbocycles. The number of carbonyl (C=O) groups excluding carboxylic acids is 3. The van der Waals surface area contributed by atoms with Gasteiger partial charge in [-0.3, -0.25) is 19.6 Å². The molecule has 7 nitrogen and oxygen atoms in total. The molecule has 7 heteroatoms. The van der Waals surface area contributed by atoms with E-state index in [0.717, 1.165) is 17.5 Å². The van der Waals surface area contributed by atoms with Crippen molar-refractivity contribution in [3.63, 3.8) is 0 Å². The lowest BCUT2D eigenvalue weighted by molar-refractivity contribution is -0.137. The highest BCUT2D eigenvalue weighted by atomic mass is 16.5. The van der Waals surface area contributed by atoms with Crippen LogP contribution < -0.4 is 16.1 Å². The molecule has 0 unspecified atom stereocenters. The van der Waals surface area contributed by atoms with Gasteiger partial charge in [0, 0.05) is 12.3 Å². The molecular formula is C34H43N3O4. The summed E-state index contributed by atoms with van der Waals surface area (Å²) in [6.07, 6.45) is 1.65. The van der Waals surface area contributed by atoms with E-state index in [2.05, 4.69) is 47.9 Å². The quantitative estimate of drug-likeness (QED) is 0.164. The highest BCUT2D eigenvalue weighted by molar-refractivity contribution is 5.91. The van der Waals surface area contributed by atoms with Crippen LogP contribution in [0, 0.1) is 18.3 Å². The molecule has 0 aromatic heterocycles. The Kier molecular flexibility index (Phi) is 11.2. The number of nitrogens with one attached hydrogen (secondary N) is 3. The van der Waals surface area contributed by atoms with Crippen molar-refractivity contribution in [2.75, 3.05) is 0 Å². The molecule has 0 aliphatic rings. The minimum absolute atomic E-state index is 0.173. The van der Waals surface area contributed by atoms with Crippen molar-refractivity contribution in [1.29, 1.82) is 0 Å². The summed E-state index contributed by atoms with van der Waals surface area (Å²) in [5.74, 6) is -2.01. The number of hydrogen-bond acceptors (Lipinski definition) is 4. The van der Waals surface area contributed by atoms with Crippen LogP contribution in [0.25, 0.3) is 11.1 Å². The third kappa shape index (κ3) is 9.29. The lowest BCUT2D eigenvalue weighted by Crippen LogP contribution is -2.55. The van der Waals surface area contributed by atoms with E-state index in [0.29, 0.717) is 12.8 Å². The number of carbonyl (C=O) groups is 3. The van der Waals surface area contributed by atoms with Crippen LogP contribution in [-0.2, 0) is 20.8 Å². The number of benzene rings is 3. The van der Waals surface area contributed by atoms with Crippen LogP contribution >= 0.6 is 0 Å². The number of hydroxylamine groups is 1. The first-order valence-electron chi connectivity index (χ1n) is 14.2. The maximum atomic E-state index is 13.5. The van der Waals surface area contributed by atoms with Crippen LogP contribution in [0.5, 0.6) is 0 Å². The highest BCUT2D eigenvalue weighted by Crippen LogP contribution is 2.26. The van der Waals surface area contributed by atoms with Gasteiger partial charge in [0.1, 0.15) is 6.04 Å². The molecule has 0 heterocycles. The molecule has 0 aliphatic heterocycles. The van der Waals surface area contributed by atoms with Crippen LogP contribution in [-0.4, -0.2) is 29.0 Å². The fraction of sp³-hybridized carbons (Fsp3) is 0.382. The lowest BCUT2D eigenvalue weighted by atomic mass is 9.85. The molecule has 3 aromatic rings. The molecule has 0 radical (unpaired) electrons. The Balaban J connectivity index is 1.67. The monoisotopic (exact) mass is 557 g/mol. The number of aryl methyl sites for hydroxylation is 2. The van der Waals surface area contributed by atoms with Crippen molar-refractivity contribution in [1.82, 2.24) is 16.1 Å². The van der Waals surface area contributed by atoms with Gasteiger partial charge >= 0.3 is 0 Å². The number of rotatable bonds is 12. The topological polar surface area (TPSA) is 108 Å². The van der Waals surface area contributed by atoms with Gasteiger partial charge in [-0.1, -0.05) is 99.6 Å². The molecule has 3 atom stereocenters. The van der Waals surface area contributed by atoms with Crippen molar-refractivity contribution in [2.45, 2.75) is 72.4 Å². The van der Waals surface area contributed by atoms with E-state index >= 15 is 0 Å². The fourth-order valence-corrected chi connectivity index (χ4v) is 5.03. The highest BCUT2D eigenvalue weighted by Gasteiger charge is 2.35. The summed E-state index contributed by atoms with van der Waals surface area (Å²) in [6, 6.07) is 25.2. The largest absolute Gasteiger partial charge is 0.348 e. The molecule has 41 heavy (non-hydrogen) atoms. The SMILES string of the molecule is Cc1cc(CCC[C@H](CC(=O)NO)C(=O)N[C@H](C(=O)N[C@H](C)c2ccccc2)C(C)(C)C)ccc1-c1ccccc1. The first kappa shape index (κ1) is 31.6. The van der Waals surface area contributed by atoms with Gasteiger partial charge in [0.2, 0.25) is 17.7 Å². The Bertz CT molecular complexity index is 1300. The summed E-state index contributed by atoms with van der Waals surface area (Å²) in [7, 11) is 0. The van der Waals surface area contributed by atoms with Crippen molar-refractivity contribution < 1.29 is 19.6 Å². The first-order chi connectivity index (χ1) is 19.5. The zero-order valence-electron chi connectivity index (χ0n) is 24.7. The van der Waals surface area contributed by atoms with E-state index in [1.165, 1.54) is 16.7 Å². The minimum atomic E-state index is -0.811. The molecule has 4 N–H and O–H groups in total. The smallest absolute Gasteiger partial charge is 0.244 e. The zero-order valence-corrected chi connectivity index (χ0v) is 24.7. The Morgan fingerprint density at radius 1 is 0.854 bits per heavy atom. The third-order valence-electron chi connectivity index (χ3n) is 7.39. The second-order valence-electron chi connectivity index (χ2n) is 11.8. The van der Waals surface area contributed by atoms with Gasteiger partial charge in [0.15, 0.2) is 0 Å². The average molecular weight is 558 g/mol. The fourth-order valence-electron chi connectivity index (χ4n) is 5.03. The summed E-state index contributed by atoms with van der Waals surface area (Å²) in [6.45, 7) is 9.66. The van der Waals surface area contributed by atoms with Crippen molar-refractivity contribution in [2.24, 2.45) is 11.3 Å². The molecule has 0 aliphatic carbocycles. The molecule has 0 saturated heterocycles. The third-order valence-corrected chi connectivity index (χ3v) is 7.39. The first-order valence-corrected chi connectivity index (χ1v) is 14.2. The van der Waals surface area contributed by atoms with Gasteiger partial charge in [0.25, 0.3) is 0 Å². The van der Waals surface area contributed by atoms with Crippen LogP contribution in [0.15, 0.2) is 78.9 Å². The standard InChI is InChI=1S/C34H43N3O4/c1-23-21-25(19-20-29(23)27-16-10-7-11-17-27)13-12-18-28(22-30(38)37-41)32(39)36-31(34(3,4)5)33(40)35-24(2)26-14-8-6-9-15-26/h6-11,14-17,19-21,24,28,31,41H,12-13,18,22H2,1-5H3,(H,35,40)(H,36,39)(H,37,38)/t24-,28-,31-/m1/s1. The molecule has 3 rings (SSSR count). The van der Waals surface area contributed by atoms with E-state index in [1.54, 1.807) is 5.48 Å². The minimum Gasteiger partial charge on any atom is -0.348 e. The Hall–Kier alpha value is -3.97. The van der Waals surface area contributed by atoms with Gasteiger partial charge in [-0.05, 0) is 66.3 Å². The maximum Gasteiger partial charge on any atom is 0.244 e. The van der Waals surface area contributed by atoms with E-state index < -0.39 is 23.3 Å². The predicted molar refractivity (Wildman–Crippen MR) is 162 cm³/mol. The van der Waals surface area contributed by atoms with Crippen molar-refractivity contribution in [3.8, 4) is 11.1 Å².